The minimum absolute atomic E-state index is 0.261. The lowest BCUT2D eigenvalue weighted by atomic mass is 9.81. The van der Waals surface area contributed by atoms with Crippen molar-refractivity contribution >= 4 is 27.0 Å². The van der Waals surface area contributed by atoms with Crippen LogP contribution >= 0.6 is 0 Å². The minimum Gasteiger partial charge on any atom is -0.497 e. The average Bonchev–Trinajstić information content (AvgIpc) is 3.12. The molecular weight excluding hydrogens is 506 g/mol. The fourth-order valence-corrected chi connectivity index (χ4v) is 6.43. The van der Waals surface area contributed by atoms with Gasteiger partial charge in [-0.05, 0) is 60.2 Å². The van der Waals surface area contributed by atoms with Gasteiger partial charge >= 0.3 is 10.2 Å². The number of ether oxygens (including phenoxy) is 2. The van der Waals surface area contributed by atoms with Crippen molar-refractivity contribution in [2.45, 2.75) is 57.1 Å². The van der Waals surface area contributed by atoms with Crippen molar-refractivity contribution in [3.63, 3.8) is 0 Å². The summed E-state index contributed by atoms with van der Waals surface area (Å²) in [6.45, 7) is 0.0845. The number of aliphatic hydroxyl groups is 1. The highest BCUT2D eigenvalue weighted by atomic mass is 32.2. The first-order valence-corrected chi connectivity index (χ1v) is 14.5. The van der Waals surface area contributed by atoms with Gasteiger partial charge in [0.25, 0.3) is 5.91 Å². The second kappa shape index (κ2) is 10.7. The third kappa shape index (κ3) is 4.93. The first kappa shape index (κ1) is 26.7. The molecule has 1 aliphatic heterocycles. The highest BCUT2D eigenvalue weighted by molar-refractivity contribution is 7.87. The zero-order valence-corrected chi connectivity index (χ0v) is 22.9. The summed E-state index contributed by atoms with van der Waals surface area (Å²) in [7, 11) is 0.459. The topological polar surface area (TPSA) is 110 Å². The molecule has 5 rings (SSSR count). The van der Waals surface area contributed by atoms with Crippen molar-refractivity contribution in [3.05, 3.63) is 53.1 Å². The third-order valence-corrected chi connectivity index (χ3v) is 9.20. The normalized spacial score (nSPS) is 18.2. The Morgan fingerprint density at radius 2 is 1.89 bits per heavy atom. The molecule has 3 aromatic rings. The van der Waals surface area contributed by atoms with E-state index in [1.54, 1.807) is 19.2 Å². The molecule has 38 heavy (non-hydrogen) atoms. The number of benzene rings is 2. The first-order chi connectivity index (χ1) is 18.2. The highest BCUT2D eigenvalue weighted by Crippen LogP contribution is 2.46. The van der Waals surface area contributed by atoms with Crippen LogP contribution in [0.2, 0.25) is 0 Å². The fraction of sp³-hybridized carbons (Fsp3) is 0.464. The van der Waals surface area contributed by atoms with Crippen LogP contribution in [0.1, 0.15) is 59.5 Å². The number of fused-ring (bicyclic) bond motifs is 5. The van der Waals surface area contributed by atoms with E-state index in [-0.39, 0.29) is 11.7 Å². The van der Waals surface area contributed by atoms with E-state index in [2.05, 4.69) is 15.4 Å². The van der Waals surface area contributed by atoms with Gasteiger partial charge in [-0.1, -0.05) is 25.3 Å². The molecule has 1 aliphatic carbocycles. The molecule has 1 aromatic heterocycles. The summed E-state index contributed by atoms with van der Waals surface area (Å²) in [4.78, 5) is 13.0. The van der Waals surface area contributed by atoms with E-state index in [1.165, 1.54) is 38.9 Å². The Balaban J connectivity index is 1.73. The molecule has 0 saturated heterocycles. The lowest BCUT2D eigenvalue weighted by Crippen LogP contribution is -2.39. The Kier molecular flexibility index (Phi) is 7.50. The molecule has 9 nitrogen and oxygen atoms in total. The Morgan fingerprint density at radius 3 is 2.58 bits per heavy atom. The van der Waals surface area contributed by atoms with Crippen LogP contribution in [0.3, 0.4) is 0 Å². The molecule has 1 saturated carbocycles. The first-order valence-electron chi connectivity index (χ1n) is 13.0. The summed E-state index contributed by atoms with van der Waals surface area (Å²) in [6, 6.07) is 11.5. The number of nitrogens with one attached hydrogen (secondary N) is 1. The molecular formula is C28H35N3O6S. The molecule has 204 valence electrons. The smallest absolute Gasteiger partial charge is 0.303 e. The molecule has 2 N–H and O–H groups in total. The largest absolute Gasteiger partial charge is 0.497 e. The minimum atomic E-state index is -3.93. The number of carbonyl (C=O) groups is 1. The van der Waals surface area contributed by atoms with Gasteiger partial charge in [0, 0.05) is 49.1 Å². The molecule has 0 bridgehead atoms. The zero-order chi connectivity index (χ0) is 27.0. The number of aliphatic hydroxyl groups excluding tert-OH is 1. The van der Waals surface area contributed by atoms with Crippen LogP contribution in [0.25, 0.3) is 22.2 Å². The molecule has 0 radical (unpaired) electrons. The van der Waals surface area contributed by atoms with Crippen molar-refractivity contribution < 1.29 is 27.8 Å². The van der Waals surface area contributed by atoms with Crippen LogP contribution in [-0.4, -0.2) is 62.4 Å². The van der Waals surface area contributed by atoms with Crippen LogP contribution in [0.5, 0.6) is 5.75 Å². The zero-order valence-electron chi connectivity index (χ0n) is 22.1. The van der Waals surface area contributed by atoms with E-state index >= 15 is 0 Å². The van der Waals surface area contributed by atoms with Gasteiger partial charge in [-0.15, -0.1) is 0 Å². The molecule has 0 spiro atoms. The van der Waals surface area contributed by atoms with Gasteiger partial charge in [-0.25, -0.2) is 4.72 Å². The van der Waals surface area contributed by atoms with Crippen molar-refractivity contribution in [2.24, 2.45) is 0 Å². The van der Waals surface area contributed by atoms with Gasteiger partial charge in [-0.2, -0.15) is 12.7 Å². The summed E-state index contributed by atoms with van der Waals surface area (Å²) >= 11 is 0. The third-order valence-electron chi connectivity index (χ3n) is 7.79. The van der Waals surface area contributed by atoms with Crippen molar-refractivity contribution in [1.82, 2.24) is 13.6 Å². The molecule has 1 amide bonds. The Labute approximate surface area is 223 Å². The number of methoxy groups -OCH3 is 1. The number of aromatic nitrogens is 1. The summed E-state index contributed by atoms with van der Waals surface area (Å²) in [5.74, 6) is 0.454. The van der Waals surface area contributed by atoms with Gasteiger partial charge in [0.1, 0.15) is 12.5 Å². The molecule has 2 heterocycles. The summed E-state index contributed by atoms with van der Waals surface area (Å²) in [6.07, 6.45) is 6.07. The van der Waals surface area contributed by atoms with Crippen molar-refractivity contribution in [1.29, 1.82) is 0 Å². The number of carbonyl (C=O) groups excluding carboxylic acids is 1. The quantitative estimate of drug-likeness (QED) is 0.441. The summed E-state index contributed by atoms with van der Waals surface area (Å²) in [5, 5.41) is 10.7. The monoisotopic (exact) mass is 541 g/mol. The maximum atomic E-state index is 13.0. The maximum absolute atomic E-state index is 13.0. The van der Waals surface area contributed by atoms with E-state index in [4.69, 9.17) is 9.47 Å². The molecule has 2 aromatic carbocycles. The molecule has 10 heteroatoms. The fourth-order valence-electron chi connectivity index (χ4n) is 5.90. The van der Waals surface area contributed by atoms with E-state index in [0.717, 1.165) is 50.6 Å². The van der Waals surface area contributed by atoms with E-state index < -0.39 is 22.9 Å². The van der Waals surface area contributed by atoms with Gasteiger partial charge in [0.2, 0.25) is 0 Å². The van der Waals surface area contributed by atoms with Gasteiger partial charge < -0.3 is 19.1 Å². The van der Waals surface area contributed by atoms with E-state index in [9.17, 15) is 18.3 Å². The van der Waals surface area contributed by atoms with Crippen LogP contribution in [0.4, 0.5) is 0 Å². The van der Waals surface area contributed by atoms with Crippen LogP contribution < -0.4 is 9.46 Å². The second-order valence-electron chi connectivity index (χ2n) is 10.3. The highest BCUT2D eigenvalue weighted by Gasteiger charge is 2.32. The van der Waals surface area contributed by atoms with Crippen molar-refractivity contribution in [3.8, 4) is 17.0 Å². The standard InChI is InChI=1S/C28H35N3O6S/c1-30(2)38(34,35)29-28(33)19-9-11-24-25(15-19)31-16-22(37-17-32)14-20-13-21(36-3)10-12-23(20)27(31)26(24)18-7-5-4-6-8-18/h9-13,15,18,22,32H,4-8,14,16-17H2,1-3H3,(H,29,33). The Bertz CT molecular complexity index is 1460. The van der Waals surface area contributed by atoms with Crippen LogP contribution in [-0.2, 0) is 27.9 Å². The predicted octanol–water partition coefficient (Wildman–Crippen LogP) is 3.79. The number of hydrogen-bond acceptors (Lipinski definition) is 6. The number of rotatable bonds is 7. The van der Waals surface area contributed by atoms with E-state index in [0.29, 0.717) is 18.9 Å². The SMILES string of the molecule is COc1ccc2c(c1)CC(OCO)Cn1c-2c(C2CCCCC2)c2ccc(C(=O)NS(=O)(=O)N(C)C)cc21. The van der Waals surface area contributed by atoms with Crippen LogP contribution in [0, 0.1) is 0 Å². The van der Waals surface area contributed by atoms with Gasteiger partial charge in [0.15, 0.2) is 0 Å². The Hall–Kier alpha value is -2.92. The Morgan fingerprint density at radius 1 is 1.13 bits per heavy atom. The molecule has 1 fully saturated rings. The predicted molar refractivity (Wildman–Crippen MR) is 145 cm³/mol. The van der Waals surface area contributed by atoms with E-state index in [1.807, 2.05) is 18.2 Å². The number of nitrogens with zero attached hydrogens (tertiary/aromatic N) is 2. The average molecular weight is 542 g/mol. The molecule has 1 unspecified atom stereocenters. The second-order valence-corrected chi connectivity index (χ2v) is 12.2. The molecule has 2 aliphatic rings. The number of amides is 1. The van der Waals surface area contributed by atoms with Gasteiger partial charge in [0.05, 0.1) is 18.9 Å². The summed E-state index contributed by atoms with van der Waals surface area (Å²) < 4.78 is 41.2. The maximum Gasteiger partial charge on any atom is 0.303 e. The lowest BCUT2D eigenvalue weighted by Gasteiger charge is -2.24. The number of hydrogen-bond donors (Lipinski definition) is 2. The van der Waals surface area contributed by atoms with Crippen molar-refractivity contribution in [2.75, 3.05) is 28.0 Å². The van der Waals surface area contributed by atoms with Gasteiger partial charge in [-0.3, -0.25) is 4.79 Å². The lowest BCUT2D eigenvalue weighted by molar-refractivity contribution is -0.0543. The molecule has 1 atom stereocenters. The summed E-state index contributed by atoms with van der Waals surface area (Å²) in [5.41, 5.74) is 5.66. The van der Waals surface area contributed by atoms with Crippen LogP contribution in [0.15, 0.2) is 36.4 Å².